The Bertz CT molecular complexity index is 764. The lowest BCUT2D eigenvalue weighted by Crippen LogP contribution is -2.28. The molecule has 0 atom stereocenters. The zero-order valence-electron chi connectivity index (χ0n) is 12.1. The van der Waals surface area contributed by atoms with Crippen LogP contribution in [-0.4, -0.2) is 34.6 Å². The van der Waals surface area contributed by atoms with Crippen molar-refractivity contribution in [2.75, 3.05) is 18.5 Å². The molecule has 1 N–H and O–H groups in total. The molecule has 0 saturated heterocycles. The quantitative estimate of drug-likeness (QED) is 0.869. The number of hydrogen-bond donors (Lipinski definition) is 1. The minimum Gasteiger partial charge on any atom is -0.480 e. The van der Waals surface area contributed by atoms with Crippen LogP contribution < -0.4 is 4.90 Å². The Morgan fingerprint density at radius 3 is 2.25 bits per heavy atom. The monoisotopic (exact) mass is 379 g/mol. The molecule has 0 bridgehead atoms. The lowest BCUT2D eigenvalue weighted by Gasteiger charge is -2.17. The predicted molar refractivity (Wildman–Crippen MR) is 83.4 cm³/mol. The second-order valence-corrected chi connectivity index (χ2v) is 5.72. The third-order valence-electron chi connectivity index (χ3n) is 2.88. The molecule has 1 aromatic heterocycles. The van der Waals surface area contributed by atoms with E-state index < -0.39 is 24.4 Å². The van der Waals surface area contributed by atoms with Crippen LogP contribution in [0.3, 0.4) is 0 Å². The molecule has 10 heteroatoms. The molecule has 1 aromatic carbocycles. The van der Waals surface area contributed by atoms with Crippen molar-refractivity contribution in [3.63, 3.8) is 0 Å². The van der Waals surface area contributed by atoms with Gasteiger partial charge >= 0.3 is 12.1 Å². The maximum absolute atomic E-state index is 13.1. The van der Waals surface area contributed by atoms with Gasteiger partial charge in [0.05, 0.1) is 5.69 Å². The Balaban J connectivity index is 2.60. The SMILES string of the molecule is CN(CC(=O)O)c1nc(-c2cc(Cl)cc(Cl)c2)cc(C(F)(F)F)n1. The van der Waals surface area contributed by atoms with Crippen LogP contribution in [0.1, 0.15) is 5.69 Å². The van der Waals surface area contributed by atoms with Gasteiger partial charge in [-0.05, 0) is 24.3 Å². The number of benzene rings is 1. The third kappa shape index (κ3) is 4.48. The number of carboxylic acids is 1. The molecule has 0 radical (unpaired) electrons. The molecule has 5 nitrogen and oxygen atoms in total. The van der Waals surface area contributed by atoms with Crippen molar-refractivity contribution in [1.29, 1.82) is 0 Å². The van der Waals surface area contributed by atoms with E-state index in [2.05, 4.69) is 9.97 Å². The molecular formula is C14H10Cl2F3N3O2. The average Bonchev–Trinajstić information content (AvgIpc) is 2.44. The van der Waals surface area contributed by atoms with Gasteiger partial charge in [0.25, 0.3) is 0 Å². The molecule has 128 valence electrons. The minimum absolute atomic E-state index is 0.0750. The van der Waals surface area contributed by atoms with E-state index in [1.54, 1.807) is 0 Å². The van der Waals surface area contributed by atoms with Gasteiger partial charge in [0.1, 0.15) is 6.54 Å². The van der Waals surface area contributed by atoms with Crippen LogP contribution in [0.25, 0.3) is 11.3 Å². The van der Waals surface area contributed by atoms with Crippen LogP contribution in [0.15, 0.2) is 24.3 Å². The van der Waals surface area contributed by atoms with Crippen molar-refractivity contribution in [3.05, 3.63) is 40.0 Å². The van der Waals surface area contributed by atoms with Crippen molar-refractivity contribution in [2.24, 2.45) is 0 Å². The lowest BCUT2D eigenvalue weighted by atomic mass is 10.1. The van der Waals surface area contributed by atoms with E-state index in [0.29, 0.717) is 0 Å². The Morgan fingerprint density at radius 1 is 1.17 bits per heavy atom. The summed E-state index contributed by atoms with van der Waals surface area (Å²) in [6.07, 6.45) is -4.72. The Hall–Kier alpha value is -2.06. The van der Waals surface area contributed by atoms with E-state index in [9.17, 15) is 18.0 Å². The predicted octanol–water partition coefficient (Wildman–Crippen LogP) is 3.99. The summed E-state index contributed by atoms with van der Waals surface area (Å²) in [6, 6.07) is 4.98. The number of alkyl halides is 3. The first-order valence-corrected chi connectivity index (χ1v) is 7.17. The topological polar surface area (TPSA) is 66.3 Å². The first-order chi connectivity index (χ1) is 11.1. The molecule has 0 saturated carbocycles. The summed E-state index contributed by atoms with van der Waals surface area (Å²) < 4.78 is 39.2. The summed E-state index contributed by atoms with van der Waals surface area (Å²) in [7, 11) is 1.28. The fraction of sp³-hybridized carbons (Fsp3) is 0.214. The Kier molecular flexibility index (Phi) is 5.19. The standard InChI is InChI=1S/C14H10Cl2F3N3O2/c1-22(6-12(23)24)13-20-10(5-11(21-13)14(17,18)19)7-2-8(15)4-9(16)3-7/h2-5H,6H2,1H3,(H,23,24). The number of nitrogens with zero attached hydrogens (tertiary/aromatic N) is 3. The van der Waals surface area contributed by atoms with E-state index in [0.717, 1.165) is 11.0 Å². The highest BCUT2D eigenvalue weighted by Gasteiger charge is 2.34. The number of aliphatic carboxylic acids is 1. The van der Waals surface area contributed by atoms with Gasteiger partial charge in [-0.25, -0.2) is 9.97 Å². The first-order valence-electron chi connectivity index (χ1n) is 6.42. The number of hydrogen-bond acceptors (Lipinski definition) is 4. The minimum atomic E-state index is -4.72. The molecule has 2 aromatic rings. The Labute approximate surface area is 144 Å². The molecule has 0 spiro atoms. The van der Waals surface area contributed by atoms with Crippen LogP contribution in [0.4, 0.5) is 19.1 Å². The zero-order valence-corrected chi connectivity index (χ0v) is 13.6. The van der Waals surface area contributed by atoms with Crippen molar-refractivity contribution >= 4 is 35.1 Å². The number of carbonyl (C=O) groups is 1. The largest absolute Gasteiger partial charge is 0.480 e. The molecule has 0 fully saturated rings. The van der Waals surface area contributed by atoms with E-state index >= 15 is 0 Å². The first kappa shape index (κ1) is 18.3. The fourth-order valence-corrected chi connectivity index (χ4v) is 2.40. The van der Waals surface area contributed by atoms with Crippen molar-refractivity contribution in [3.8, 4) is 11.3 Å². The summed E-state index contributed by atoms with van der Waals surface area (Å²) >= 11 is 11.7. The summed E-state index contributed by atoms with van der Waals surface area (Å²) in [5.74, 6) is -1.61. The van der Waals surface area contributed by atoms with Gasteiger partial charge in [0.2, 0.25) is 5.95 Å². The van der Waals surface area contributed by atoms with E-state index in [1.165, 1.54) is 25.2 Å². The van der Waals surface area contributed by atoms with Gasteiger partial charge in [-0.2, -0.15) is 13.2 Å². The van der Waals surface area contributed by atoms with Crippen molar-refractivity contribution < 1.29 is 23.1 Å². The number of likely N-dealkylation sites (N-methyl/N-ethyl adjacent to an activating group) is 1. The zero-order chi connectivity index (χ0) is 18.1. The second-order valence-electron chi connectivity index (χ2n) is 4.84. The maximum atomic E-state index is 13.1. The fourth-order valence-electron chi connectivity index (χ4n) is 1.87. The summed E-state index contributed by atoms with van der Waals surface area (Å²) in [5, 5.41) is 9.23. The molecule has 0 amide bonds. The van der Waals surface area contributed by atoms with Crippen molar-refractivity contribution in [2.45, 2.75) is 6.18 Å². The molecular weight excluding hydrogens is 370 g/mol. The van der Waals surface area contributed by atoms with Gasteiger partial charge < -0.3 is 10.0 Å². The van der Waals surface area contributed by atoms with Crippen LogP contribution >= 0.6 is 23.2 Å². The van der Waals surface area contributed by atoms with Crippen molar-refractivity contribution in [1.82, 2.24) is 9.97 Å². The van der Waals surface area contributed by atoms with Crippen LogP contribution in [0, 0.1) is 0 Å². The summed E-state index contributed by atoms with van der Waals surface area (Å²) in [4.78, 5) is 19.1. The number of rotatable bonds is 4. The second kappa shape index (κ2) is 6.82. The van der Waals surface area contributed by atoms with Crippen LogP contribution in [0.2, 0.25) is 10.0 Å². The van der Waals surface area contributed by atoms with Crippen LogP contribution in [0.5, 0.6) is 0 Å². The number of anilines is 1. The number of carboxylic acid groups (broad SMARTS) is 1. The number of halogens is 5. The Morgan fingerprint density at radius 2 is 1.75 bits per heavy atom. The normalized spacial score (nSPS) is 11.4. The highest BCUT2D eigenvalue weighted by atomic mass is 35.5. The highest BCUT2D eigenvalue weighted by Crippen LogP contribution is 2.33. The van der Waals surface area contributed by atoms with E-state index in [4.69, 9.17) is 28.3 Å². The van der Waals surface area contributed by atoms with Gasteiger partial charge in [0.15, 0.2) is 5.69 Å². The van der Waals surface area contributed by atoms with E-state index in [-0.39, 0.29) is 27.3 Å². The molecule has 2 rings (SSSR count). The average molecular weight is 380 g/mol. The van der Waals surface area contributed by atoms with Gasteiger partial charge in [-0.15, -0.1) is 0 Å². The lowest BCUT2D eigenvalue weighted by molar-refractivity contribution is -0.141. The summed E-state index contributed by atoms with van der Waals surface area (Å²) in [5.41, 5.74) is -1.02. The molecule has 0 aliphatic heterocycles. The highest BCUT2D eigenvalue weighted by molar-refractivity contribution is 6.35. The van der Waals surface area contributed by atoms with Crippen LogP contribution in [-0.2, 0) is 11.0 Å². The van der Waals surface area contributed by atoms with Gasteiger partial charge in [-0.3, -0.25) is 4.79 Å². The number of aromatic nitrogens is 2. The smallest absolute Gasteiger partial charge is 0.433 e. The van der Waals surface area contributed by atoms with Gasteiger partial charge in [-0.1, -0.05) is 23.2 Å². The molecule has 24 heavy (non-hydrogen) atoms. The van der Waals surface area contributed by atoms with Gasteiger partial charge in [0, 0.05) is 22.7 Å². The summed E-state index contributed by atoms with van der Waals surface area (Å²) in [6.45, 7) is -0.558. The maximum Gasteiger partial charge on any atom is 0.433 e. The van der Waals surface area contributed by atoms with E-state index in [1.807, 2.05) is 0 Å². The molecule has 1 heterocycles. The molecule has 0 unspecified atom stereocenters. The third-order valence-corrected chi connectivity index (χ3v) is 3.31. The molecule has 0 aliphatic rings. The molecule has 0 aliphatic carbocycles.